The Bertz CT molecular complexity index is 599. The fraction of sp³-hybridized carbons (Fsp3) is 0.294. The normalized spacial score (nSPS) is 12.2. The van der Waals surface area contributed by atoms with Crippen LogP contribution in [-0.2, 0) is 12.8 Å². The Balaban J connectivity index is 2.15. The molecule has 2 nitrogen and oxygen atoms in total. The maximum absolute atomic E-state index is 9.66. The molecule has 0 aliphatic rings. The van der Waals surface area contributed by atoms with Crippen molar-refractivity contribution >= 4 is 23.2 Å². The quantitative estimate of drug-likeness (QED) is 0.853. The van der Waals surface area contributed by atoms with E-state index in [0.29, 0.717) is 16.5 Å². The number of halogens is 2. The Hall–Kier alpha value is -1.22. The van der Waals surface area contributed by atoms with Crippen molar-refractivity contribution in [1.29, 1.82) is 0 Å². The minimum atomic E-state index is 0.0669. The number of hydrogen-bond donors (Lipinski definition) is 1. The van der Waals surface area contributed by atoms with E-state index in [1.807, 2.05) is 36.4 Å². The number of aliphatic hydroxyl groups excluding tert-OH is 1. The van der Waals surface area contributed by atoms with Crippen molar-refractivity contribution < 1.29 is 9.84 Å². The van der Waals surface area contributed by atoms with Crippen LogP contribution in [0.15, 0.2) is 42.5 Å². The van der Waals surface area contributed by atoms with E-state index >= 15 is 0 Å². The molecular formula is C17H18Cl2O2. The summed E-state index contributed by atoms with van der Waals surface area (Å²) in [6, 6.07) is 13.4. The first kappa shape index (κ1) is 16.2. The number of aliphatic hydroxyl groups is 1. The van der Waals surface area contributed by atoms with Gasteiger partial charge >= 0.3 is 0 Å². The summed E-state index contributed by atoms with van der Waals surface area (Å²) in [4.78, 5) is 0. The molecule has 1 atom stereocenters. The molecule has 2 rings (SSSR count). The molecule has 0 heterocycles. The van der Waals surface area contributed by atoms with Crippen molar-refractivity contribution in [3.63, 3.8) is 0 Å². The molecule has 0 aromatic heterocycles. The third-order valence-corrected chi connectivity index (χ3v) is 4.36. The molecule has 1 unspecified atom stereocenters. The van der Waals surface area contributed by atoms with Crippen LogP contribution in [0.25, 0.3) is 0 Å². The van der Waals surface area contributed by atoms with Crippen LogP contribution in [0.4, 0.5) is 0 Å². The van der Waals surface area contributed by atoms with Gasteiger partial charge in [0.15, 0.2) is 0 Å². The minimum Gasteiger partial charge on any atom is -0.496 e. The van der Waals surface area contributed by atoms with Gasteiger partial charge in [-0.2, -0.15) is 0 Å². The van der Waals surface area contributed by atoms with Crippen LogP contribution < -0.4 is 4.74 Å². The molecule has 0 aliphatic heterocycles. The maximum Gasteiger partial charge on any atom is 0.122 e. The van der Waals surface area contributed by atoms with Gasteiger partial charge in [-0.3, -0.25) is 0 Å². The number of para-hydroxylation sites is 1. The summed E-state index contributed by atoms with van der Waals surface area (Å²) < 4.78 is 5.35. The average Bonchev–Trinajstić information content (AvgIpc) is 2.51. The average molecular weight is 325 g/mol. The van der Waals surface area contributed by atoms with Crippen LogP contribution >= 0.6 is 23.2 Å². The zero-order chi connectivity index (χ0) is 15.2. The first-order chi connectivity index (χ1) is 10.2. The Labute approximate surface area is 135 Å². The monoisotopic (exact) mass is 324 g/mol. The molecule has 21 heavy (non-hydrogen) atoms. The molecule has 1 N–H and O–H groups in total. The second-order valence-electron chi connectivity index (χ2n) is 4.98. The molecule has 0 spiro atoms. The van der Waals surface area contributed by atoms with Crippen molar-refractivity contribution in [3.8, 4) is 5.75 Å². The second kappa shape index (κ2) is 7.69. The zero-order valence-electron chi connectivity index (χ0n) is 11.9. The van der Waals surface area contributed by atoms with Crippen molar-refractivity contribution in [2.45, 2.75) is 12.8 Å². The summed E-state index contributed by atoms with van der Waals surface area (Å²) in [6.07, 6.45) is 1.40. The van der Waals surface area contributed by atoms with Gasteiger partial charge in [-0.25, -0.2) is 0 Å². The van der Waals surface area contributed by atoms with Crippen molar-refractivity contribution in [1.82, 2.24) is 0 Å². The molecule has 2 aromatic rings. The Morgan fingerprint density at radius 3 is 2.38 bits per heavy atom. The lowest BCUT2D eigenvalue weighted by Gasteiger charge is -2.17. The maximum atomic E-state index is 9.66. The molecule has 0 amide bonds. The smallest absolute Gasteiger partial charge is 0.122 e. The van der Waals surface area contributed by atoms with Crippen LogP contribution in [0.5, 0.6) is 5.75 Å². The van der Waals surface area contributed by atoms with Crippen molar-refractivity contribution in [2.24, 2.45) is 5.92 Å². The number of rotatable bonds is 6. The highest BCUT2D eigenvalue weighted by Crippen LogP contribution is 2.29. The van der Waals surface area contributed by atoms with E-state index in [9.17, 15) is 5.11 Å². The third kappa shape index (κ3) is 4.13. The fourth-order valence-electron chi connectivity index (χ4n) is 2.40. The Morgan fingerprint density at radius 2 is 1.67 bits per heavy atom. The molecule has 2 aromatic carbocycles. The second-order valence-corrected chi connectivity index (χ2v) is 5.77. The lowest BCUT2D eigenvalue weighted by Crippen LogP contribution is -2.14. The molecule has 0 aliphatic carbocycles. The summed E-state index contributed by atoms with van der Waals surface area (Å²) in [7, 11) is 1.65. The predicted octanol–water partition coefficient (Wildman–Crippen LogP) is 4.40. The van der Waals surface area contributed by atoms with Gasteiger partial charge in [0.05, 0.1) is 17.2 Å². The summed E-state index contributed by atoms with van der Waals surface area (Å²) >= 11 is 12.3. The van der Waals surface area contributed by atoms with Gasteiger partial charge in [0, 0.05) is 6.61 Å². The van der Waals surface area contributed by atoms with Gasteiger partial charge in [0.25, 0.3) is 0 Å². The number of benzene rings is 2. The van der Waals surface area contributed by atoms with Crippen LogP contribution in [0.2, 0.25) is 10.0 Å². The van der Waals surface area contributed by atoms with E-state index in [1.54, 1.807) is 13.2 Å². The predicted molar refractivity (Wildman–Crippen MR) is 87.4 cm³/mol. The molecule has 0 bridgehead atoms. The molecule has 112 valence electrons. The first-order valence-electron chi connectivity index (χ1n) is 6.81. The highest BCUT2D eigenvalue weighted by molar-refractivity contribution is 6.42. The van der Waals surface area contributed by atoms with E-state index in [4.69, 9.17) is 27.9 Å². The number of ether oxygens (including phenoxy) is 1. The highest BCUT2D eigenvalue weighted by atomic mass is 35.5. The molecule has 0 saturated carbocycles. The Kier molecular flexibility index (Phi) is 5.92. The van der Waals surface area contributed by atoms with Crippen LogP contribution in [0, 0.1) is 5.92 Å². The van der Waals surface area contributed by atoms with Gasteiger partial charge in [-0.1, -0.05) is 53.5 Å². The van der Waals surface area contributed by atoms with Crippen LogP contribution in [0.1, 0.15) is 11.1 Å². The van der Waals surface area contributed by atoms with E-state index in [1.165, 1.54) is 0 Å². The van der Waals surface area contributed by atoms with E-state index in [0.717, 1.165) is 23.3 Å². The van der Waals surface area contributed by atoms with Crippen molar-refractivity contribution in [3.05, 3.63) is 63.6 Å². The molecule has 0 saturated heterocycles. The SMILES string of the molecule is COc1ccccc1CC(CO)Cc1cccc(Cl)c1Cl. The van der Waals surface area contributed by atoms with Gasteiger partial charge in [0.1, 0.15) is 5.75 Å². The Morgan fingerprint density at radius 1 is 1.00 bits per heavy atom. The van der Waals surface area contributed by atoms with Crippen LogP contribution in [0.3, 0.4) is 0 Å². The zero-order valence-corrected chi connectivity index (χ0v) is 13.4. The number of hydrogen-bond acceptors (Lipinski definition) is 2. The van der Waals surface area contributed by atoms with E-state index in [2.05, 4.69) is 0 Å². The molecule has 4 heteroatoms. The van der Waals surface area contributed by atoms with Gasteiger partial charge in [0.2, 0.25) is 0 Å². The lowest BCUT2D eigenvalue weighted by atomic mass is 9.93. The molecular weight excluding hydrogens is 307 g/mol. The summed E-state index contributed by atoms with van der Waals surface area (Å²) in [5.41, 5.74) is 2.04. The molecule has 0 radical (unpaired) electrons. The first-order valence-corrected chi connectivity index (χ1v) is 7.57. The standard InChI is InChI=1S/C17H18Cl2O2/c1-21-16-8-3-2-5-13(16)9-12(11-20)10-14-6-4-7-15(18)17(14)19/h2-8,12,20H,9-11H2,1H3. The van der Waals surface area contributed by atoms with E-state index < -0.39 is 0 Å². The summed E-state index contributed by atoms with van der Waals surface area (Å²) in [5.74, 6) is 0.908. The van der Waals surface area contributed by atoms with E-state index in [-0.39, 0.29) is 12.5 Å². The number of methoxy groups -OCH3 is 1. The third-order valence-electron chi connectivity index (χ3n) is 3.50. The topological polar surface area (TPSA) is 29.5 Å². The summed E-state index contributed by atoms with van der Waals surface area (Å²) in [5, 5.41) is 10.8. The van der Waals surface area contributed by atoms with Gasteiger partial charge in [-0.05, 0) is 42.0 Å². The van der Waals surface area contributed by atoms with Gasteiger partial charge in [-0.15, -0.1) is 0 Å². The lowest BCUT2D eigenvalue weighted by molar-refractivity contribution is 0.224. The van der Waals surface area contributed by atoms with Crippen LogP contribution in [-0.4, -0.2) is 18.8 Å². The van der Waals surface area contributed by atoms with Gasteiger partial charge < -0.3 is 9.84 Å². The summed E-state index contributed by atoms with van der Waals surface area (Å²) in [6.45, 7) is 0.0842. The minimum absolute atomic E-state index is 0.0669. The van der Waals surface area contributed by atoms with Crippen molar-refractivity contribution in [2.75, 3.05) is 13.7 Å². The fourth-order valence-corrected chi connectivity index (χ4v) is 2.80. The molecule has 0 fully saturated rings. The highest BCUT2D eigenvalue weighted by Gasteiger charge is 2.15. The largest absolute Gasteiger partial charge is 0.496 e.